The van der Waals surface area contributed by atoms with Crippen molar-refractivity contribution >= 4 is 59.7 Å². The van der Waals surface area contributed by atoms with Crippen molar-refractivity contribution in [2.45, 2.75) is 24.5 Å². The second-order valence-corrected chi connectivity index (χ2v) is 16.4. The third-order valence-electron chi connectivity index (χ3n) is 5.88. The molecule has 1 aliphatic heterocycles. The number of phosphoric acid groups is 3. The molecule has 1 saturated heterocycles. The average Bonchev–Trinajstić information content (AvgIpc) is 3.25. The lowest BCUT2D eigenvalue weighted by Crippen LogP contribution is -2.41. The topological polar surface area (TPSA) is 309 Å². The Morgan fingerprint density at radius 1 is 0.896 bits per heavy atom. The van der Waals surface area contributed by atoms with Crippen molar-refractivity contribution in [3.8, 4) is 0 Å². The number of ether oxygens (including phenoxy) is 2. The van der Waals surface area contributed by atoms with E-state index >= 15 is 0 Å². The second kappa shape index (κ2) is 15.0. The molecule has 262 valence electrons. The van der Waals surface area contributed by atoms with Crippen LogP contribution in [0.3, 0.4) is 0 Å². The average molecular weight is 778 g/mol. The van der Waals surface area contributed by atoms with Gasteiger partial charge in [-0.15, -0.1) is 0 Å². The molecule has 0 radical (unpaired) electrons. The summed E-state index contributed by atoms with van der Waals surface area (Å²) in [6.45, 7) is -1.20. The number of nitrogens with one attached hydrogen (secondary N) is 2. The van der Waals surface area contributed by atoms with Crippen LogP contribution < -0.4 is 21.9 Å². The Labute approximate surface area is 272 Å². The molecule has 2 heterocycles. The molecule has 1 aliphatic rings. The van der Waals surface area contributed by atoms with Crippen LogP contribution in [-0.4, -0.2) is 65.2 Å². The normalized spacial score (nSPS) is 24.4. The summed E-state index contributed by atoms with van der Waals surface area (Å²) < 4.78 is 77.2. The number of anilines is 1. The summed E-state index contributed by atoms with van der Waals surface area (Å²) >= 11 is 5.66. The summed E-state index contributed by atoms with van der Waals surface area (Å²) in [5.74, 6) is 0. The summed E-state index contributed by atoms with van der Waals surface area (Å²) in [5.41, 5.74) is -1.62. The van der Waals surface area contributed by atoms with Gasteiger partial charge in [0.05, 0.1) is 11.9 Å². The SMILES string of the molecule is O=C(Nc1ccccc1)OC1[C@@H](O)[C@@H](COP(=O)(O)OP(=O)(O)OP(=O)(O)OP(=O)(O)c2ccc(Cl)cc2)O[C@H]1n1ccc(=O)[nH]c1=O. The van der Waals surface area contributed by atoms with Gasteiger partial charge in [0, 0.05) is 23.0 Å². The number of carbonyl (C=O) groups is 1. The second-order valence-electron chi connectivity index (χ2n) is 9.38. The van der Waals surface area contributed by atoms with E-state index in [-0.39, 0.29) is 10.7 Å². The number of nitrogens with zero attached hydrogens (tertiary/aromatic N) is 1. The van der Waals surface area contributed by atoms with Gasteiger partial charge in [-0.05, 0) is 36.4 Å². The number of para-hydroxylation sites is 1. The van der Waals surface area contributed by atoms with Crippen LogP contribution in [0.15, 0.2) is 76.4 Å². The summed E-state index contributed by atoms with van der Waals surface area (Å²) in [4.78, 5) is 78.0. The highest BCUT2D eigenvalue weighted by Gasteiger charge is 2.50. The standard InChI is InChI=1S/C22H24ClN3O18P4/c23-13-6-8-15(9-7-13)45(31,32)42-47(35,36)44-48(37,38)43-46(33,34)39-12-16-18(28)19(41-22(30)24-14-4-2-1-3-5-14)20(40-16)26-11-10-17(27)25-21(26)29/h1-11,16,18-20,28H,12H2,(H,24,30)(H,31,32)(H,33,34)(H,35,36)(H,37,38)(H,25,27,29)/t16-,18+,19?,20-/m1/s1. The van der Waals surface area contributed by atoms with Crippen molar-refractivity contribution in [2.75, 3.05) is 11.9 Å². The van der Waals surface area contributed by atoms with Crippen LogP contribution >= 0.6 is 42.7 Å². The molecule has 48 heavy (non-hydrogen) atoms. The molecule has 1 aromatic heterocycles. The maximum Gasteiger partial charge on any atom is 0.490 e. The smallest absolute Gasteiger partial charge is 0.438 e. The van der Waals surface area contributed by atoms with Gasteiger partial charge in [0.1, 0.15) is 12.2 Å². The van der Waals surface area contributed by atoms with Gasteiger partial charge in [0.2, 0.25) is 0 Å². The van der Waals surface area contributed by atoms with E-state index in [0.717, 1.165) is 36.5 Å². The van der Waals surface area contributed by atoms with Gasteiger partial charge < -0.3 is 34.2 Å². The van der Waals surface area contributed by atoms with E-state index < -0.39 is 84.9 Å². The molecule has 0 bridgehead atoms. The third-order valence-corrected chi connectivity index (χ3v) is 12.6. The van der Waals surface area contributed by atoms with Crippen LogP contribution in [0, 0.1) is 0 Å². The zero-order valence-corrected chi connectivity index (χ0v) is 27.9. The number of carbonyl (C=O) groups excluding carboxylic acids is 1. The molecule has 3 aromatic rings. The first-order valence-electron chi connectivity index (χ1n) is 12.8. The molecule has 26 heteroatoms. The Kier molecular flexibility index (Phi) is 11.9. The van der Waals surface area contributed by atoms with Crippen LogP contribution in [0.5, 0.6) is 0 Å². The lowest BCUT2D eigenvalue weighted by atomic mass is 10.1. The number of hydrogen-bond acceptors (Lipinski definition) is 14. The van der Waals surface area contributed by atoms with E-state index in [2.05, 4.69) is 22.8 Å². The fourth-order valence-electron chi connectivity index (χ4n) is 3.93. The fourth-order valence-corrected chi connectivity index (χ4v) is 9.46. The van der Waals surface area contributed by atoms with Gasteiger partial charge in [-0.25, -0.2) is 27.6 Å². The molecule has 7 N–H and O–H groups in total. The van der Waals surface area contributed by atoms with E-state index in [9.17, 15) is 57.3 Å². The molecular formula is C22H24ClN3O18P4. The maximum atomic E-state index is 12.6. The lowest BCUT2D eigenvalue weighted by Gasteiger charge is -2.22. The van der Waals surface area contributed by atoms with Gasteiger partial charge >= 0.3 is 42.8 Å². The van der Waals surface area contributed by atoms with Gasteiger partial charge in [-0.2, -0.15) is 8.62 Å². The van der Waals surface area contributed by atoms with E-state index in [1.807, 2.05) is 4.98 Å². The number of aliphatic hydroxyl groups excluding tert-OH is 1. The molecular weight excluding hydrogens is 754 g/mol. The number of rotatable bonds is 13. The number of aliphatic hydroxyl groups is 1. The van der Waals surface area contributed by atoms with Gasteiger partial charge in [0.25, 0.3) is 5.56 Å². The molecule has 1 fully saturated rings. The minimum atomic E-state index is -6.12. The summed E-state index contributed by atoms with van der Waals surface area (Å²) in [7, 11) is -23.1. The number of aromatic nitrogens is 2. The Bertz CT molecular complexity index is 1940. The maximum absolute atomic E-state index is 12.6. The highest BCUT2D eigenvalue weighted by molar-refractivity contribution is 7.73. The van der Waals surface area contributed by atoms with Crippen molar-refractivity contribution < 1.29 is 74.7 Å². The molecule has 2 aromatic carbocycles. The fraction of sp³-hybridized carbons (Fsp3) is 0.227. The van der Waals surface area contributed by atoms with Crippen LogP contribution in [0.1, 0.15) is 6.23 Å². The van der Waals surface area contributed by atoms with Crippen LogP contribution in [0.2, 0.25) is 5.02 Å². The highest BCUT2D eigenvalue weighted by atomic mass is 35.5. The van der Waals surface area contributed by atoms with Gasteiger partial charge in [-0.1, -0.05) is 29.8 Å². The summed E-state index contributed by atoms with van der Waals surface area (Å²) in [6.07, 6.45) is -7.34. The Morgan fingerprint density at radius 2 is 1.50 bits per heavy atom. The molecule has 0 spiro atoms. The van der Waals surface area contributed by atoms with Crippen LogP contribution in [0.25, 0.3) is 0 Å². The molecule has 0 saturated carbocycles. The number of benzene rings is 2. The first-order valence-corrected chi connectivity index (χ1v) is 19.2. The minimum Gasteiger partial charge on any atom is -0.438 e. The van der Waals surface area contributed by atoms with Crippen LogP contribution in [-0.2, 0) is 45.2 Å². The number of aromatic amines is 1. The summed E-state index contributed by atoms with van der Waals surface area (Å²) in [6, 6.07) is 12.8. The third kappa shape index (κ3) is 10.4. The van der Waals surface area contributed by atoms with Crippen molar-refractivity contribution in [2.24, 2.45) is 0 Å². The zero-order chi connectivity index (χ0) is 35.5. The van der Waals surface area contributed by atoms with E-state index in [1.54, 1.807) is 18.2 Å². The largest absolute Gasteiger partial charge is 0.490 e. The number of amides is 1. The molecule has 21 nitrogen and oxygen atoms in total. The quantitative estimate of drug-likeness (QED) is 0.122. The predicted octanol–water partition coefficient (Wildman–Crippen LogP) is 1.94. The molecule has 4 rings (SSSR count). The van der Waals surface area contributed by atoms with E-state index in [4.69, 9.17) is 21.1 Å². The summed E-state index contributed by atoms with van der Waals surface area (Å²) in [5, 5.41) is 12.7. The van der Waals surface area contributed by atoms with E-state index in [0.29, 0.717) is 4.57 Å². The zero-order valence-electron chi connectivity index (χ0n) is 23.5. The molecule has 0 aliphatic carbocycles. The Balaban J connectivity index is 1.44. The highest BCUT2D eigenvalue weighted by Crippen LogP contribution is 2.71. The first kappa shape index (κ1) is 38.0. The van der Waals surface area contributed by atoms with Gasteiger partial charge in [-0.3, -0.25) is 28.8 Å². The van der Waals surface area contributed by atoms with Crippen molar-refractivity contribution in [3.63, 3.8) is 0 Å². The van der Waals surface area contributed by atoms with Gasteiger partial charge in [0.15, 0.2) is 12.3 Å². The monoisotopic (exact) mass is 777 g/mol. The number of halogens is 1. The molecule has 8 atom stereocenters. The van der Waals surface area contributed by atoms with Crippen molar-refractivity contribution in [1.29, 1.82) is 0 Å². The predicted molar refractivity (Wildman–Crippen MR) is 161 cm³/mol. The van der Waals surface area contributed by atoms with Crippen LogP contribution in [0.4, 0.5) is 10.5 Å². The van der Waals surface area contributed by atoms with Crippen molar-refractivity contribution in [1.82, 2.24) is 9.55 Å². The Morgan fingerprint density at radius 3 is 2.12 bits per heavy atom. The molecule has 5 unspecified atom stereocenters. The van der Waals surface area contributed by atoms with Crippen molar-refractivity contribution in [3.05, 3.63) is 92.7 Å². The molecule has 1 amide bonds. The number of hydrogen-bond donors (Lipinski definition) is 7. The minimum absolute atomic E-state index is 0.113. The first-order chi connectivity index (χ1) is 22.3. The number of phosphoric ester groups is 1. The van der Waals surface area contributed by atoms with E-state index in [1.165, 1.54) is 12.1 Å². The number of H-pyrrole nitrogens is 1. The Hall–Kier alpha value is -2.80. The lowest BCUT2D eigenvalue weighted by molar-refractivity contribution is -0.0551.